The fraction of sp³-hybridized carbons (Fsp3) is 0.462. The van der Waals surface area contributed by atoms with Crippen LogP contribution in [0, 0.1) is 5.41 Å². The van der Waals surface area contributed by atoms with E-state index in [1.165, 1.54) is 0 Å². The third-order valence-corrected chi connectivity index (χ3v) is 3.34. The number of carbonyl (C=O) groups excluding carboxylic acids is 1. The number of rotatable bonds is 4. The highest BCUT2D eigenvalue weighted by molar-refractivity contribution is 9.10. The molecule has 2 N–H and O–H groups in total. The number of amides is 1. The highest BCUT2D eigenvalue weighted by Crippen LogP contribution is 2.26. The number of hydrogen-bond acceptors (Lipinski definition) is 2. The summed E-state index contributed by atoms with van der Waals surface area (Å²) in [5.74, 6) is 0.0843. The molecule has 0 aromatic heterocycles. The summed E-state index contributed by atoms with van der Waals surface area (Å²) in [6.45, 7) is 4.37. The molecular formula is C13H19BrN2O. The van der Waals surface area contributed by atoms with Crippen LogP contribution in [-0.4, -0.2) is 19.5 Å². The first-order valence-corrected chi connectivity index (χ1v) is 6.41. The number of nitrogens with two attached hydrogens (primary N) is 1. The zero-order valence-corrected chi connectivity index (χ0v) is 12.1. The third kappa shape index (κ3) is 3.54. The first-order valence-electron chi connectivity index (χ1n) is 5.62. The zero-order chi connectivity index (χ0) is 13.1. The number of carbonyl (C=O) groups is 1. The Balaban J connectivity index is 2.90. The summed E-state index contributed by atoms with van der Waals surface area (Å²) < 4.78 is 0.964. The summed E-state index contributed by atoms with van der Waals surface area (Å²) >= 11 is 3.40. The van der Waals surface area contributed by atoms with Gasteiger partial charge in [0.05, 0.1) is 0 Å². The Morgan fingerprint density at radius 2 is 2.12 bits per heavy atom. The Morgan fingerprint density at radius 3 is 2.65 bits per heavy atom. The molecule has 1 aromatic rings. The average molecular weight is 299 g/mol. The SMILES string of the molecule is CN(C(=O)C(C)(C)CCN)c1cccc(Br)c1. The van der Waals surface area contributed by atoms with E-state index in [0.29, 0.717) is 13.0 Å². The molecule has 17 heavy (non-hydrogen) atoms. The Hall–Kier alpha value is -0.870. The summed E-state index contributed by atoms with van der Waals surface area (Å²) in [6.07, 6.45) is 0.685. The molecule has 1 rings (SSSR count). The molecule has 0 bridgehead atoms. The van der Waals surface area contributed by atoms with Crippen molar-refractivity contribution < 1.29 is 4.79 Å². The van der Waals surface area contributed by atoms with Gasteiger partial charge < -0.3 is 10.6 Å². The van der Waals surface area contributed by atoms with Crippen LogP contribution in [0.1, 0.15) is 20.3 Å². The van der Waals surface area contributed by atoms with Crippen molar-refractivity contribution in [2.45, 2.75) is 20.3 Å². The van der Waals surface area contributed by atoms with Crippen molar-refractivity contribution in [1.82, 2.24) is 0 Å². The van der Waals surface area contributed by atoms with Gasteiger partial charge in [-0.1, -0.05) is 35.8 Å². The maximum Gasteiger partial charge on any atom is 0.232 e. The smallest absolute Gasteiger partial charge is 0.232 e. The Bertz CT molecular complexity index is 404. The molecule has 0 radical (unpaired) electrons. The van der Waals surface area contributed by atoms with Gasteiger partial charge in [0.25, 0.3) is 0 Å². The van der Waals surface area contributed by atoms with Crippen LogP contribution < -0.4 is 10.6 Å². The molecular weight excluding hydrogens is 280 g/mol. The molecule has 0 aliphatic carbocycles. The maximum atomic E-state index is 12.3. The van der Waals surface area contributed by atoms with Gasteiger partial charge in [-0.15, -0.1) is 0 Å². The molecule has 0 spiro atoms. The van der Waals surface area contributed by atoms with Gasteiger partial charge in [-0.25, -0.2) is 0 Å². The van der Waals surface area contributed by atoms with E-state index in [-0.39, 0.29) is 5.91 Å². The van der Waals surface area contributed by atoms with Gasteiger partial charge in [0.2, 0.25) is 5.91 Å². The van der Waals surface area contributed by atoms with Crippen LogP contribution in [0.25, 0.3) is 0 Å². The molecule has 3 nitrogen and oxygen atoms in total. The lowest BCUT2D eigenvalue weighted by atomic mass is 9.87. The van der Waals surface area contributed by atoms with Gasteiger partial charge in [-0.3, -0.25) is 4.79 Å². The molecule has 0 atom stereocenters. The van der Waals surface area contributed by atoms with E-state index in [0.717, 1.165) is 10.2 Å². The van der Waals surface area contributed by atoms with Crippen molar-refractivity contribution in [3.63, 3.8) is 0 Å². The molecule has 4 heteroatoms. The summed E-state index contributed by atoms with van der Waals surface area (Å²) in [7, 11) is 1.79. The third-order valence-electron chi connectivity index (χ3n) is 2.85. The fourth-order valence-corrected chi connectivity index (χ4v) is 2.11. The van der Waals surface area contributed by atoms with E-state index >= 15 is 0 Å². The van der Waals surface area contributed by atoms with Crippen LogP contribution in [0.2, 0.25) is 0 Å². The molecule has 0 saturated carbocycles. The second-order valence-corrected chi connectivity index (χ2v) is 5.68. The van der Waals surface area contributed by atoms with Gasteiger partial charge in [0, 0.05) is 22.6 Å². The minimum absolute atomic E-state index is 0.0843. The van der Waals surface area contributed by atoms with Crippen LogP contribution in [0.3, 0.4) is 0 Å². The van der Waals surface area contributed by atoms with Crippen LogP contribution in [-0.2, 0) is 4.79 Å². The average Bonchev–Trinajstić information content (AvgIpc) is 2.27. The predicted molar refractivity (Wildman–Crippen MR) is 75.0 cm³/mol. The molecule has 0 saturated heterocycles. The topological polar surface area (TPSA) is 46.3 Å². The van der Waals surface area contributed by atoms with Crippen LogP contribution in [0.4, 0.5) is 5.69 Å². The second kappa shape index (κ2) is 5.65. The first-order chi connectivity index (χ1) is 7.88. The minimum atomic E-state index is -0.425. The number of hydrogen-bond donors (Lipinski definition) is 1. The molecule has 0 unspecified atom stereocenters. The monoisotopic (exact) mass is 298 g/mol. The highest BCUT2D eigenvalue weighted by atomic mass is 79.9. The molecule has 1 aromatic carbocycles. The second-order valence-electron chi connectivity index (χ2n) is 4.77. The van der Waals surface area contributed by atoms with E-state index in [1.807, 2.05) is 38.1 Å². The zero-order valence-electron chi connectivity index (χ0n) is 10.5. The Kier molecular flexibility index (Phi) is 4.71. The van der Waals surface area contributed by atoms with Gasteiger partial charge in [0.15, 0.2) is 0 Å². The molecule has 0 heterocycles. The highest BCUT2D eigenvalue weighted by Gasteiger charge is 2.30. The minimum Gasteiger partial charge on any atom is -0.330 e. The van der Waals surface area contributed by atoms with Crippen molar-refractivity contribution in [3.05, 3.63) is 28.7 Å². The summed E-state index contributed by atoms with van der Waals surface area (Å²) in [5.41, 5.74) is 6.00. The first kappa shape index (κ1) is 14.2. The van der Waals surface area contributed by atoms with Gasteiger partial charge in [-0.2, -0.15) is 0 Å². The van der Waals surface area contributed by atoms with Gasteiger partial charge in [0.1, 0.15) is 0 Å². The van der Waals surface area contributed by atoms with Crippen molar-refractivity contribution in [3.8, 4) is 0 Å². The maximum absolute atomic E-state index is 12.3. The van der Waals surface area contributed by atoms with Crippen molar-refractivity contribution >= 4 is 27.5 Å². The van der Waals surface area contributed by atoms with Crippen LogP contribution >= 0.6 is 15.9 Å². The largest absolute Gasteiger partial charge is 0.330 e. The normalized spacial score (nSPS) is 11.4. The number of benzene rings is 1. The summed E-state index contributed by atoms with van der Waals surface area (Å²) in [4.78, 5) is 14.0. The van der Waals surface area contributed by atoms with Gasteiger partial charge >= 0.3 is 0 Å². The lowest BCUT2D eigenvalue weighted by Crippen LogP contribution is -2.39. The quantitative estimate of drug-likeness (QED) is 0.929. The lowest BCUT2D eigenvalue weighted by molar-refractivity contribution is -0.126. The summed E-state index contributed by atoms with van der Waals surface area (Å²) in [5, 5.41) is 0. The van der Waals surface area contributed by atoms with Crippen molar-refractivity contribution in [1.29, 1.82) is 0 Å². The van der Waals surface area contributed by atoms with Crippen molar-refractivity contribution in [2.75, 3.05) is 18.5 Å². The van der Waals surface area contributed by atoms with E-state index in [4.69, 9.17) is 5.73 Å². The molecule has 0 aliphatic rings. The standard InChI is InChI=1S/C13H19BrN2O/c1-13(2,7-8-15)12(17)16(3)11-6-4-5-10(14)9-11/h4-6,9H,7-8,15H2,1-3H3. The Morgan fingerprint density at radius 1 is 1.47 bits per heavy atom. The van der Waals surface area contributed by atoms with E-state index in [2.05, 4.69) is 15.9 Å². The molecule has 1 amide bonds. The molecule has 0 aliphatic heterocycles. The summed E-state index contributed by atoms with van der Waals surface area (Å²) in [6, 6.07) is 7.70. The fourth-order valence-electron chi connectivity index (χ4n) is 1.72. The number of halogens is 1. The molecule has 0 fully saturated rings. The lowest BCUT2D eigenvalue weighted by Gasteiger charge is -2.29. The molecule has 94 valence electrons. The van der Waals surface area contributed by atoms with Gasteiger partial charge in [-0.05, 0) is 31.2 Å². The van der Waals surface area contributed by atoms with Crippen LogP contribution in [0.5, 0.6) is 0 Å². The van der Waals surface area contributed by atoms with Crippen molar-refractivity contribution in [2.24, 2.45) is 11.1 Å². The van der Waals surface area contributed by atoms with E-state index in [1.54, 1.807) is 11.9 Å². The number of anilines is 1. The van der Waals surface area contributed by atoms with E-state index in [9.17, 15) is 4.79 Å². The Labute approximate surface area is 111 Å². The predicted octanol–water partition coefficient (Wildman–Crippen LogP) is 2.79. The van der Waals surface area contributed by atoms with Crippen LogP contribution in [0.15, 0.2) is 28.7 Å². The number of nitrogens with zero attached hydrogens (tertiary/aromatic N) is 1. The van der Waals surface area contributed by atoms with E-state index < -0.39 is 5.41 Å².